The van der Waals surface area contributed by atoms with E-state index in [0.717, 1.165) is 34.0 Å². The van der Waals surface area contributed by atoms with Crippen molar-refractivity contribution in [1.82, 2.24) is 19.7 Å². The molecule has 0 aliphatic carbocycles. The van der Waals surface area contributed by atoms with Crippen molar-refractivity contribution in [3.63, 3.8) is 0 Å². The van der Waals surface area contributed by atoms with Crippen molar-refractivity contribution in [3.05, 3.63) is 66.0 Å². The highest BCUT2D eigenvalue weighted by Crippen LogP contribution is 2.26. The first kappa shape index (κ1) is 14.4. The van der Waals surface area contributed by atoms with Crippen molar-refractivity contribution in [2.75, 3.05) is 5.32 Å². The van der Waals surface area contributed by atoms with E-state index in [2.05, 4.69) is 20.4 Å². The van der Waals surface area contributed by atoms with E-state index in [9.17, 15) is 0 Å². The fraction of sp³-hybridized carbons (Fsp3) is 0.167. The number of furan rings is 1. The molecule has 0 bridgehead atoms. The molecule has 0 aliphatic rings. The van der Waals surface area contributed by atoms with Crippen molar-refractivity contribution >= 4 is 16.9 Å². The van der Waals surface area contributed by atoms with Gasteiger partial charge < -0.3 is 9.73 Å². The first-order valence-corrected chi connectivity index (χ1v) is 7.78. The van der Waals surface area contributed by atoms with Crippen LogP contribution in [0.1, 0.15) is 17.3 Å². The van der Waals surface area contributed by atoms with Crippen molar-refractivity contribution < 1.29 is 4.42 Å². The maximum Gasteiger partial charge on any atom is 0.168 e. The molecular formula is C18H17N5O. The van der Waals surface area contributed by atoms with E-state index in [4.69, 9.17) is 4.42 Å². The number of nitrogens with one attached hydrogen (secondary N) is 1. The van der Waals surface area contributed by atoms with Gasteiger partial charge in [-0.25, -0.2) is 14.6 Å². The molecule has 0 fully saturated rings. The zero-order valence-electron chi connectivity index (χ0n) is 13.5. The Morgan fingerprint density at radius 3 is 2.62 bits per heavy atom. The Bertz CT molecular complexity index is 974. The van der Waals surface area contributed by atoms with Crippen molar-refractivity contribution in [2.24, 2.45) is 0 Å². The fourth-order valence-corrected chi connectivity index (χ4v) is 2.75. The smallest absolute Gasteiger partial charge is 0.168 e. The Morgan fingerprint density at radius 1 is 1.04 bits per heavy atom. The number of para-hydroxylation sites is 1. The standard InChI is InChI=1S/C18H17N5O/c1-12-16-17(19-11-15-9-6-10-24-15)20-13(2)21-18(16)23(22-12)14-7-4-3-5-8-14/h3-10H,11H2,1-2H3,(H,19,20,21). The molecule has 6 heteroatoms. The molecule has 4 rings (SSSR count). The first-order chi connectivity index (χ1) is 11.7. The number of nitrogens with zero attached hydrogens (tertiary/aromatic N) is 4. The van der Waals surface area contributed by atoms with E-state index in [1.807, 2.05) is 61.0 Å². The summed E-state index contributed by atoms with van der Waals surface area (Å²) in [6, 6.07) is 13.8. The van der Waals surface area contributed by atoms with Crippen LogP contribution in [0.2, 0.25) is 0 Å². The SMILES string of the molecule is Cc1nc(NCc2ccco2)c2c(C)nn(-c3ccccc3)c2n1. The van der Waals surface area contributed by atoms with Crippen LogP contribution in [0.25, 0.3) is 16.7 Å². The molecule has 3 aromatic heterocycles. The van der Waals surface area contributed by atoms with E-state index in [1.54, 1.807) is 6.26 Å². The number of benzene rings is 1. The van der Waals surface area contributed by atoms with Gasteiger partial charge in [-0.05, 0) is 38.1 Å². The van der Waals surface area contributed by atoms with Gasteiger partial charge in [0, 0.05) is 0 Å². The van der Waals surface area contributed by atoms with Gasteiger partial charge in [0.1, 0.15) is 17.4 Å². The average Bonchev–Trinajstić information content (AvgIpc) is 3.22. The molecule has 0 atom stereocenters. The zero-order valence-corrected chi connectivity index (χ0v) is 13.5. The van der Waals surface area contributed by atoms with Crippen LogP contribution in [0.4, 0.5) is 5.82 Å². The lowest BCUT2D eigenvalue weighted by Crippen LogP contribution is -2.04. The molecule has 1 aromatic carbocycles. The normalized spacial score (nSPS) is 11.1. The van der Waals surface area contributed by atoms with Crippen LogP contribution >= 0.6 is 0 Å². The molecule has 0 saturated carbocycles. The Labute approximate surface area is 139 Å². The number of hydrogen-bond donors (Lipinski definition) is 1. The lowest BCUT2D eigenvalue weighted by Gasteiger charge is -2.07. The lowest BCUT2D eigenvalue weighted by molar-refractivity contribution is 0.518. The molecule has 120 valence electrons. The highest BCUT2D eigenvalue weighted by atomic mass is 16.3. The van der Waals surface area contributed by atoms with Gasteiger partial charge in [-0.3, -0.25) is 0 Å². The molecule has 24 heavy (non-hydrogen) atoms. The summed E-state index contributed by atoms with van der Waals surface area (Å²) in [5.41, 5.74) is 2.66. The van der Waals surface area contributed by atoms with Gasteiger partial charge in [-0.2, -0.15) is 5.10 Å². The van der Waals surface area contributed by atoms with E-state index >= 15 is 0 Å². The summed E-state index contributed by atoms with van der Waals surface area (Å²) in [7, 11) is 0. The third-order valence-corrected chi connectivity index (χ3v) is 3.83. The highest BCUT2D eigenvalue weighted by molar-refractivity contribution is 5.90. The lowest BCUT2D eigenvalue weighted by atomic mass is 10.3. The van der Waals surface area contributed by atoms with E-state index < -0.39 is 0 Å². The fourth-order valence-electron chi connectivity index (χ4n) is 2.75. The summed E-state index contributed by atoms with van der Waals surface area (Å²) >= 11 is 0. The number of aromatic nitrogens is 4. The Hall–Kier alpha value is -3.15. The second kappa shape index (κ2) is 5.81. The van der Waals surface area contributed by atoms with Gasteiger partial charge in [0.05, 0.1) is 29.6 Å². The zero-order chi connectivity index (χ0) is 16.5. The summed E-state index contributed by atoms with van der Waals surface area (Å²) in [4.78, 5) is 9.16. The van der Waals surface area contributed by atoms with E-state index in [-0.39, 0.29) is 0 Å². The molecule has 0 unspecified atom stereocenters. The van der Waals surface area contributed by atoms with Gasteiger partial charge in [0.25, 0.3) is 0 Å². The molecule has 0 saturated heterocycles. The Balaban J connectivity index is 1.82. The number of rotatable bonds is 4. The number of aryl methyl sites for hydroxylation is 2. The van der Waals surface area contributed by atoms with Gasteiger partial charge in [0.15, 0.2) is 5.65 Å². The molecule has 0 spiro atoms. The predicted octanol–water partition coefficient (Wildman–Crippen LogP) is 3.64. The molecular weight excluding hydrogens is 302 g/mol. The van der Waals surface area contributed by atoms with Gasteiger partial charge in [-0.1, -0.05) is 18.2 Å². The third kappa shape index (κ3) is 2.52. The van der Waals surface area contributed by atoms with Crippen LogP contribution in [0.15, 0.2) is 53.1 Å². The van der Waals surface area contributed by atoms with Gasteiger partial charge in [0.2, 0.25) is 0 Å². The summed E-state index contributed by atoms with van der Waals surface area (Å²) in [6.45, 7) is 4.42. The Morgan fingerprint density at radius 2 is 1.88 bits per heavy atom. The van der Waals surface area contributed by atoms with Crippen LogP contribution in [0.3, 0.4) is 0 Å². The number of anilines is 1. The summed E-state index contributed by atoms with van der Waals surface area (Å²) in [6.07, 6.45) is 1.66. The Kier molecular flexibility index (Phi) is 3.49. The summed E-state index contributed by atoms with van der Waals surface area (Å²) in [5.74, 6) is 2.32. The quantitative estimate of drug-likeness (QED) is 0.622. The minimum atomic E-state index is 0.564. The largest absolute Gasteiger partial charge is 0.467 e. The van der Waals surface area contributed by atoms with Crippen LogP contribution in [0.5, 0.6) is 0 Å². The minimum absolute atomic E-state index is 0.564. The maximum atomic E-state index is 5.38. The van der Waals surface area contributed by atoms with Crippen molar-refractivity contribution in [1.29, 1.82) is 0 Å². The van der Waals surface area contributed by atoms with Crippen LogP contribution in [0, 0.1) is 13.8 Å². The average molecular weight is 319 g/mol. The van der Waals surface area contributed by atoms with Crippen LogP contribution < -0.4 is 5.32 Å². The molecule has 0 aliphatic heterocycles. The second-order valence-electron chi connectivity index (χ2n) is 5.58. The summed E-state index contributed by atoms with van der Waals surface area (Å²) in [5, 5.41) is 8.92. The van der Waals surface area contributed by atoms with Crippen molar-refractivity contribution in [2.45, 2.75) is 20.4 Å². The second-order valence-corrected chi connectivity index (χ2v) is 5.58. The van der Waals surface area contributed by atoms with E-state index in [1.165, 1.54) is 0 Å². The predicted molar refractivity (Wildman–Crippen MR) is 92.2 cm³/mol. The number of fused-ring (bicyclic) bond motifs is 1. The summed E-state index contributed by atoms with van der Waals surface area (Å²) < 4.78 is 7.23. The molecule has 3 heterocycles. The maximum absolute atomic E-state index is 5.38. The highest BCUT2D eigenvalue weighted by Gasteiger charge is 2.16. The van der Waals surface area contributed by atoms with Crippen LogP contribution in [-0.2, 0) is 6.54 Å². The van der Waals surface area contributed by atoms with Gasteiger partial charge in [-0.15, -0.1) is 0 Å². The topological polar surface area (TPSA) is 68.8 Å². The molecule has 0 amide bonds. The van der Waals surface area contributed by atoms with Crippen LogP contribution in [-0.4, -0.2) is 19.7 Å². The van der Waals surface area contributed by atoms with Gasteiger partial charge >= 0.3 is 0 Å². The van der Waals surface area contributed by atoms with Crippen molar-refractivity contribution in [3.8, 4) is 5.69 Å². The molecule has 0 radical (unpaired) electrons. The molecule has 1 N–H and O–H groups in total. The minimum Gasteiger partial charge on any atom is -0.467 e. The monoisotopic (exact) mass is 319 g/mol. The molecule has 4 aromatic rings. The third-order valence-electron chi connectivity index (χ3n) is 3.83. The first-order valence-electron chi connectivity index (χ1n) is 7.78. The number of hydrogen-bond acceptors (Lipinski definition) is 5. The molecule has 6 nitrogen and oxygen atoms in total. The van der Waals surface area contributed by atoms with E-state index in [0.29, 0.717) is 12.4 Å².